The van der Waals surface area contributed by atoms with Crippen LogP contribution in [0.1, 0.15) is 42.7 Å². The zero-order valence-electron chi connectivity index (χ0n) is 13.4. The van der Waals surface area contributed by atoms with Gasteiger partial charge in [-0.15, -0.1) is 0 Å². The number of benzene rings is 2. The Kier molecular flexibility index (Phi) is 3.97. The van der Waals surface area contributed by atoms with Crippen LogP contribution in [0.15, 0.2) is 46.9 Å². The predicted octanol–water partition coefficient (Wildman–Crippen LogP) is 3.91. The molecule has 6 heteroatoms. The molecule has 1 heterocycles. The van der Waals surface area contributed by atoms with E-state index in [1.807, 2.05) is 0 Å². The van der Waals surface area contributed by atoms with Crippen LogP contribution in [0.2, 0.25) is 0 Å². The van der Waals surface area contributed by atoms with Crippen LogP contribution in [0.3, 0.4) is 0 Å². The Bertz CT molecular complexity index is 933. The SMILES string of the molecule is O=C(CC(O)c1cccc(F)c1)Nc1ccc2oc(C3CC3)nc2c1. The fourth-order valence-electron chi connectivity index (χ4n) is 2.75. The van der Waals surface area contributed by atoms with Crippen molar-refractivity contribution in [1.29, 1.82) is 0 Å². The summed E-state index contributed by atoms with van der Waals surface area (Å²) in [6.45, 7) is 0. The van der Waals surface area contributed by atoms with Gasteiger partial charge in [0.2, 0.25) is 5.91 Å². The second kappa shape index (κ2) is 6.29. The number of fused-ring (bicyclic) bond motifs is 1. The van der Waals surface area contributed by atoms with Gasteiger partial charge in [0.25, 0.3) is 0 Å². The van der Waals surface area contributed by atoms with Gasteiger partial charge in [0.1, 0.15) is 11.3 Å². The van der Waals surface area contributed by atoms with E-state index in [-0.39, 0.29) is 12.3 Å². The third kappa shape index (κ3) is 3.53. The first-order chi connectivity index (χ1) is 12.1. The number of halogens is 1. The third-order valence-corrected chi connectivity index (χ3v) is 4.23. The van der Waals surface area contributed by atoms with E-state index in [1.165, 1.54) is 18.2 Å². The minimum atomic E-state index is -1.06. The normalized spacial score (nSPS) is 15.3. The van der Waals surface area contributed by atoms with Crippen LogP contribution in [-0.2, 0) is 4.79 Å². The topological polar surface area (TPSA) is 75.4 Å². The van der Waals surface area contributed by atoms with Crippen molar-refractivity contribution >= 4 is 22.7 Å². The number of carbonyl (C=O) groups is 1. The molecular formula is C19H17FN2O3. The molecule has 1 aromatic heterocycles. The molecule has 2 N–H and O–H groups in total. The highest BCUT2D eigenvalue weighted by Gasteiger charge is 2.28. The number of amides is 1. The molecule has 1 unspecified atom stereocenters. The number of anilines is 1. The van der Waals surface area contributed by atoms with Gasteiger partial charge >= 0.3 is 0 Å². The van der Waals surface area contributed by atoms with Crippen LogP contribution in [0, 0.1) is 5.82 Å². The Labute approximate surface area is 143 Å². The van der Waals surface area contributed by atoms with Gasteiger partial charge < -0.3 is 14.8 Å². The van der Waals surface area contributed by atoms with Gasteiger partial charge in [-0.3, -0.25) is 4.79 Å². The van der Waals surface area contributed by atoms with Crippen LogP contribution in [0.25, 0.3) is 11.1 Å². The molecule has 0 saturated heterocycles. The Balaban J connectivity index is 1.44. The standard InChI is InChI=1S/C19H17FN2O3/c20-13-3-1-2-12(8-13)16(23)10-18(24)21-14-6-7-17-15(9-14)22-19(25-17)11-4-5-11/h1-3,6-9,11,16,23H,4-5,10H2,(H,21,24). The number of rotatable bonds is 5. The van der Waals surface area contributed by atoms with Crippen molar-refractivity contribution in [2.24, 2.45) is 0 Å². The van der Waals surface area contributed by atoms with Gasteiger partial charge in [0.15, 0.2) is 11.5 Å². The minimum absolute atomic E-state index is 0.159. The average molecular weight is 340 g/mol. The fraction of sp³-hybridized carbons (Fsp3) is 0.263. The number of aromatic nitrogens is 1. The number of hydrogen-bond donors (Lipinski definition) is 2. The van der Waals surface area contributed by atoms with Crippen LogP contribution in [0.5, 0.6) is 0 Å². The summed E-state index contributed by atoms with van der Waals surface area (Å²) in [5.74, 6) is 0.369. The molecule has 0 spiro atoms. The molecule has 25 heavy (non-hydrogen) atoms. The fourth-order valence-corrected chi connectivity index (χ4v) is 2.75. The highest BCUT2D eigenvalue weighted by molar-refractivity contribution is 5.93. The van der Waals surface area contributed by atoms with E-state index < -0.39 is 11.9 Å². The zero-order chi connectivity index (χ0) is 17.4. The maximum atomic E-state index is 13.2. The molecule has 1 atom stereocenters. The van der Waals surface area contributed by atoms with Crippen LogP contribution >= 0.6 is 0 Å². The average Bonchev–Trinajstić information content (AvgIpc) is 3.34. The third-order valence-electron chi connectivity index (χ3n) is 4.23. The lowest BCUT2D eigenvalue weighted by atomic mass is 10.1. The first-order valence-corrected chi connectivity index (χ1v) is 8.22. The maximum absolute atomic E-state index is 13.2. The minimum Gasteiger partial charge on any atom is -0.440 e. The molecule has 128 valence electrons. The Morgan fingerprint density at radius 1 is 1.32 bits per heavy atom. The molecule has 3 aromatic rings. The van der Waals surface area contributed by atoms with E-state index in [0.717, 1.165) is 18.7 Å². The summed E-state index contributed by atoms with van der Waals surface area (Å²) in [4.78, 5) is 16.6. The van der Waals surface area contributed by atoms with Gasteiger partial charge in [0.05, 0.1) is 12.5 Å². The summed E-state index contributed by atoms with van der Waals surface area (Å²) in [6.07, 6.45) is 0.990. The van der Waals surface area contributed by atoms with E-state index in [0.29, 0.717) is 28.3 Å². The number of aliphatic hydroxyl groups is 1. The Hall–Kier alpha value is -2.73. The molecule has 1 aliphatic carbocycles. The summed E-state index contributed by atoms with van der Waals surface area (Å²) in [5.41, 5.74) is 2.35. The van der Waals surface area contributed by atoms with E-state index in [1.54, 1.807) is 24.3 Å². The van der Waals surface area contributed by atoms with Crippen molar-refractivity contribution in [3.05, 3.63) is 59.7 Å². The highest BCUT2D eigenvalue weighted by Crippen LogP contribution is 2.40. The van der Waals surface area contributed by atoms with E-state index in [9.17, 15) is 14.3 Å². The molecule has 2 aromatic carbocycles. The number of oxazole rings is 1. The van der Waals surface area contributed by atoms with Gasteiger partial charge in [-0.25, -0.2) is 9.37 Å². The van der Waals surface area contributed by atoms with Crippen LogP contribution < -0.4 is 5.32 Å². The highest BCUT2D eigenvalue weighted by atomic mass is 19.1. The monoisotopic (exact) mass is 340 g/mol. The number of nitrogens with one attached hydrogen (secondary N) is 1. The number of carbonyl (C=O) groups excluding carboxylic acids is 1. The van der Waals surface area contributed by atoms with Crippen molar-refractivity contribution in [3.8, 4) is 0 Å². The summed E-state index contributed by atoms with van der Waals surface area (Å²) < 4.78 is 18.9. The second-order valence-electron chi connectivity index (χ2n) is 6.33. The lowest BCUT2D eigenvalue weighted by molar-refractivity contribution is -0.118. The lowest BCUT2D eigenvalue weighted by Crippen LogP contribution is -2.15. The second-order valence-corrected chi connectivity index (χ2v) is 6.33. The smallest absolute Gasteiger partial charge is 0.227 e. The number of hydrogen-bond acceptors (Lipinski definition) is 4. The van der Waals surface area contributed by atoms with Gasteiger partial charge in [0, 0.05) is 11.6 Å². The molecule has 0 radical (unpaired) electrons. The van der Waals surface area contributed by atoms with Crippen molar-refractivity contribution in [3.63, 3.8) is 0 Å². The van der Waals surface area contributed by atoms with Crippen molar-refractivity contribution in [2.45, 2.75) is 31.3 Å². The number of aliphatic hydroxyl groups excluding tert-OH is 1. The first kappa shape index (κ1) is 15.8. The molecule has 4 rings (SSSR count). The summed E-state index contributed by atoms with van der Waals surface area (Å²) in [7, 11) is 0. The zero-order valence-corrected chi connectivity index (χ0v) is 13.4. The van der Waals surface area contributed by atoms with Gasteiger partial charge in [-0.2, -0.15) is 0 Å². The molecule has 1 fully saturated rings. The quantitative estimate of drug-likeness (QED) is 0.738. The van der Waals surface area contributed by atoms with E-state index in [4.69, 9.17) is 4.42 Å². The molecule has 0 aliphatic heterocycles. The van der Waals surface area contributed by atoms with Crippen LogP contribution in [-0.4, -0.2) is 16.0 Å². The lowest BCUT2D eigenvalue weighted by Gasteiger charge is -2.11. The first-order valence-electron chi connectivity index (χ1n) is 8.22. The van der Waals surface area contributed by atoms with E-state index >= 15 is 0 Å². The molecule has 0 bridgehead atoms. The van der Waals surface area contributed by atoms with Gasteiger partial charge in [-0.1, -0.05) is 12.1 Å². The number of nitrogens with zero attached hydrogens (tertiary/aromatic N) is 1. The molecular weight excluding hydrogens is 323 g/mol. The molecule has 1 saturated carbocycles. The van der Waals surface area contributed by atoms with Crippen LogP contribution in [0.4, 0.5) is 10.1 Å². The Morgan fingerprint density at radius 3 is 2.92 bits per heavy atom. The predicted molar refractivity (Wildman–Crippen MR) is 90.6 cm³/mol. The largest absolute Gasteiger partial charge is 0.440 e. The molecule has 1 amide bonds. The summed E-state index contributed by atoms with van der Waals surface area (Å²) >= 11 is 0. The van der Waals surface area contributed by atoms with Crippen molar-refractivity contribution < 1.29 is 18.7 Å². The van der Waals surface area contributed by atoms with E-state index in [2.05, 4.69) is 10.3 Å². The van der Waals surface area contributed by atoms with Gasteiger partial charge in [-0.05, 0) is 48.7 Å². The molecule has 1 aliphatic rings. The maximum Gasteiger partial charge on any atom is 0.227 e. The molecule has 5 nitrogen and oxygen atoms in total. The Morgan fingerprint density at radius 2 is 2.16 bits per heavy atom. The van der Waals surface area contributed by atoms with Crippen molar-refractivity contribution in [2.75, 3.05) is 5.32 Å². The summed E-state index contributed by atoms with van der Waals surface area (Å²) in [5, 5.41) is 12.8. The van der Waals surface area contributed by atoms with Crippen molar-refractivity contribution in [1.82, 2.24) is 4.98 Å². The summed E-state index contributed by atoms with van der Waals surface area (Å²) in [6, 6.07) is 10.8.